The van der Waals surface area contributed by atoms with Gasteiger partial charge in [-0.05, 0) is 5.92 Å². The summed E-state index contributed by atoms with van der Waals surface area (Å²) in [5, 5.41) is 10.8. The molecule has 0 amide bonds. The van der Waals surface area contributed by atoms with Crippen LogP contribution < -0.4 is 108 Å². The van der Waals surface area contributed by atoms with E-state index in [-0.39, 0.29) is 113 Å². The summed E-state index contributed by atoms with van der Waals surface area (Å²) in [4.78, 5) is 12.2. The third kappa shape index (κ3) is 8.55. The van der Waals surface area contributed by atoms with Crippen molar-refractivity contribution in [2.45, 2.75) is 26.3 Å². The van der Waals surface area contributed by atoms with Crippen molar-refractivity contribution in [3.05, 3.63) is 0 Å². The molecule has 0 radical (unpaired) electrons. The molecule has 0 rings (SSSR count). The SMILES string of the molecule is CC[C@H](C)[C@@H](C(=O)[O-])N(C)C(=S)[S-].[K+].[K+]. The first-order valence-electron chi connectivity index (χ1n) is 4.06. The van der Waals surface area contributed by atoms with Crippen LogP contribution in [-0.2, 0) is 17.4 Å². The number of rotatable bonds is 4. The van der Waals surface area contributed by atoms with Crippen molar-refractivity contribution in [1.29, 1.82) is 0 Å². The molecule has 0 saturated carbocycles. The van der Waals surface area contributed by atoms with E-state index in [4.69, 9.17) is 24.8 Å². The number of carbonyl (C=O) groups excluding carboxylic acids is 1. The fourth-order valence-corrected chi connectivity index (χ4v) is 1.34. The Hall–Kier alpha value is 2.85. The number of thiocarbonyl (C=S) groups is 1. The van der Waals surface area contributed by atoms with Crippen molar-refractivity contribution in [1.82, 2.24) is 4.90 Å². The van der Waals surface area contributed by atoms with E-state index in [9.17, 15) is 9.90 Å². The van der Waals surface area contributed by atoms with Crippen molar-refractivity contribution in [3.63, 3.8) is 0 Å². The van der Waals surface area contributed by atoms with Gasteiger partial charge in [0.05, 0.1) is 12.0 Å². The zero-order valence-corrected chi connectivity index (χ0v) is 17.8. The fourth-order valence-electron chi connectivity index (χ4n) is 1.11. The number of nitrogens with zero attached hydrogens (tertiary/aromatic N) is 1. The quantitative estimate of drug-likeness (QED) is 0.294. The monoisotopic (exact) mass is 297 g/mol. The van der Waals surface area contributed by atoms with Crippen molar-refractivity contribution >= 4 is 35.1 Å². The summed E-state index contributed by atoms with van der Waals surface area (Å²) >= 11 is 9.46. The third-order valence-corrected chi connectivity index (χ3v) is 2.71. The van der Waals surface area contributed by atoms with Crippen molar-refractivity contribution in [2.24, 2.45) is 5.92 Å². The fraction of sp³-hybridized carbons (Fsp3) is 0.750. The Morgan fingerprint density at radius 3 is 2.13 bits per heavy atom. The molecule has 0 aliphatic heterocycles. The van der Waals surface area contributed by atoms with E-state index < -0.39 is 12.0 Å². The molecule has 0 aromatic rings. The Bertz CT molecular complexity index is 217. The zero-order chi connectivity index (χ0) is 10.6. The summed E-state index contributed by atoms with van der Waals surface area (Å²) in [5.41, 5.74) is 0. The molecule has 3 nitrogen and oxygen atoms in total. The molecule has 0 spiro atoms. The minimum Gasteiger partial charge on any atom is -0.548 e. The van der Waals surface area contributed by atoms with Crippen LogP contribution in [0.5, 0.6) is 0 Å². The molecular weight excluding hydrogens is 284 g/mol. The van der Waals surface area contributed by atoms with Gasteiger partial charge in [-0.2, -0.15) is 0 Å². The van der Waals surface area contributed by atoms with E-state index in [2.05, 4.69) is 0 Å². The maximum absolute atomic E-state index is 10.8. The number of hydrogen-bond acceptors (Lipinski definition) is 4. The molecule has 0 fully saturated rings. The van der Waals surface area contributed by atoms with E-state index in [1.54, 1.807) is 7.05 Å². The van der Waals surface area contributed by atoms with Crippen LogP contribution in [0.15, 0.2) is 0 Å². The molecule has 0 aliphatic carbocycles. The molecule has 0 unspecified atom stereocenters. The number of aliphatic carboxylic acids is 1. The molecule has 2 atom stereocenters. The number of carboxylic acids is 1. The first kappa shape index (κ1) is 23.0. The molecule has 15 heavy (non-hydrogen) atoms. The average Bonchev–Trinajstić information content (AvgIpc) is 2.03. The summed E-state index contributed by atoms with van der Waals surface area (Å²) in [6, 6.07) is -0.713. The first-order chi connectivity index (χ1) is 5.91. The second-order valence-electron chi connectivity index (χ2n) is 3.03. The van der Waals surface area contributed by atoms with E-state index in [0.29, 0.717) is 0 Å². The van der Waals surface area contributed by atoms with Crippen LogP contribution in [0.4, 0.5) is 0 Å². The van der Waals surface area contributed by atoms with Gasteiger partial charge in [0.15, 0.2) is 0 Å². The van der Waals surface area contributed by atoms with Gasteiger partial charge in [0.1, 0.15) is 0 Å². The van der Waals surface area contributed by atoms with Gasteiger partial charge < -0.3 is 39.6 Å². The molecule has 7 heteroatoms. The van der Waals surface area contributed by atoms with Crippen LogP contribution in [0.3, 0.4) is 0 Å². The summed E-state index contributed by atoms with van der Waals surface area (Å²) < 4.78 is 0.162. The summed E-state index contributed by atoms with van der Waals surface area (Å²) in [5.74, 6) is -1.14. The van der Waals surface area contributed by atoms with Gasteiger partial charge in [0.25, 0.3) is 0 Å². The van der Waals surface area contributed by atoms with Crippen LogP contribution in [0.2, 0.25) is 0 Å². The molecule has 0 aliphatic rings. The Balaban J connectivity index is -0.000000720. The van der Waals surface area contributed by atoms with Crippen LogP contribution in [-0.4, -0.2) is 28.3 Å². The topological polar surface area (TPSA) is 43.4 Å². The van der Waals surface area contributed by atoms with Crippen LogP contribution >= 0.6 is 12.2 Å². The Labute approximate surface area is 187 Å². The molecule has 0 bridgehead atoms. The van der Waals surface area contributed by atoms with Crippen molar-refractivity contribution < 1.29 is 113 Å². The predicted molar refractivity (Wildman–Crippen MR) is 56.0 cm³/mol. The Morgan fingerprint density at radius 2 is 1.93 bits per heavy atom. The zero-order valence-electron chi connectivity index (χ0n) is 9.94. The molecule has 0 aromatic heterocycles. The number of carboxylic acid groups (broad SMARTS) is 1. The molecule has 0 heterocycles. The normalized spacial score (nSPS) is 12.7. The summed E-state index contributed by atoms with van der Waals surface area (Å²) in [6.45, 7) is 3.76. The average molecular weight is 298 g/mol. The van der Waals surface area contributed by atoms with Gasteiger partial charge in [-0.25, -0.2) is 0 Å². The predicted octanol–water partition coefficient (Wildman–Crippen LogP) is -6.08. The van der Waals surface area contributed by atoms with E-state index in [0.717, 1.165) is 6.42 Å². The van der Waals surface area contributed by atoms with Crippen molar-refractivity contribution in [2.75, 3.05) is 7.05 Å². The molecule has 76 valence electrons. The van der Waals surface area contributed by atoms with Crippen LogP contribution in [0, 0.1) is 5.92 Å². The standard InChI is InChI=1S/C8H15NO2S2.2K/c1-4-5(2)6(7(10)11)9(3)8(12)13;;/h5-6H,4H2,1-3H3,(H,10,11)(H,12,13);;/q;2*+1/p-2/t5-,6-;;/m0../s1. The van der Waals surface area contributed by atoms with Crippen LogP contribution in [0.25, 0.3) is 0 Å². The van der Waals surface area contributed by atoms with Gasteiger partial charge in [0, 0.05) is 7.05 Å². The van der Waals surface area contributed by atoms with E-state index in [1.165, 1.54) is 4.90 Å². The number of hydrogen-bond donors (Lipinski definition) is 0. The Morgan fingerprint density at radius 1 is 1.53 bits per heavy atom. The Kier molecular flexibility index (Phi) is 18.3. The summed E-state index contributed by atoms with van der Waals surface area (Å²) in [7, 11) is 1.59. The second-order valence-corrected chi connectivity index (χ2v) is 4.06. The molecular formula is C8H13K2NO2S2. The van der Waals surface area contributed by atoms with Crippen LogP contribution in [0.1, 0.15) is 20.3 Å². The smallest absolute Gasteiger partial charge is 0.548 e. The third-order valence-electron chi connectivity index (χ3n) is 2.13. The maximum atomic E-state index is 10.8. The minimum absolute atomic E-state index is 0. The largest absolute Gasteiger partial charge is 1.00 e. The molecule has 0 saturated heterocycles. The number of likely N-dealkylation sites (N-methyl/N-ethyl adjacent to an activating group) is 1. The van der Waals surface area contributed by atoms with E-state index >= 15 is 0 Å². The van der Waals surface area contributed by atoms with Gasteiger partial charge in [0.2, 0.25) is 0 Å². The second kappa shape index (κ2) is 11.9. The van der Waals surface area contributed by atoms with E-state index in [1.807, 2.05) is 13.8 Å². The van der Waals surface area contributed by atoms with Gasteiger partial charge in [-0.1, -0.05) is 24.6 Å². The molecule has 0 N–H and O–H groups in total. The minimum atomic E-state index is -1.12. The van der Waals surface area contributed by atoms with Gasteiger partial charge in [-0.3, -0.25) is 0 Å². The van der Waals surface area contributed by atoms with Gasteiger partial charge >= 0.3 is 103 Å². The maximum Gasteiger partial charge on any atom is 1.00 e. The molecule has 0 aromatic carbocycles. The first-order valence-corrected chi connectivity index (χ1v) is 4.88. The van der Waals surface area contributed by atoms with Crippen molar-refractivity contribution in [3.8, 4) is 0 Å². The summed E-state index contributed by atoms with van der Waals surface area (Å²) in [6.07, 6.45) is 0.751. The van der Waals surface area contributed by atoms with Gasteiger partial charge in [-0.15, -0.1) is 0 Å². The number of carbonyl (C=O) groups is 1.